The van der Waals surface area contributed by atoms with Gasteiger partial charge in [0.15, 0.2) is 0 Å². The van der Waals surface area contributed by atoms with E-state index < -0.39 is 17.7 Å². The zero-order valence-corrected chi connectivity index (χ0v) is 7.96. The van der Waals surface area contributed by atoms with Crippen LogP contribution in [0.25, 0.3) is 0 Å². The Balaban J connectivity index is 3.59. The minimum absolute atomic E-state index is 0.0375. The number of ether oxygens (including phenoxy) is 1. The predicted octanol–water partition coefficient (Wildman–Crippen LogP) is 0.800. The molecule has 0 aliphatic carbocycles. The Bertz CT molecular complexity index is 195. The molecule has 5 nitrogen and oxygen atoms in total. The van der Waals surface area contributed by atoms with Gasteiger partial charge in [-0.1, -0.05) is 0 Å². The molecule has 0 aromatic heterocycles. The Labute approximate surface area is 77.1 Å². The average Bonchev–Trinajstić information content (AvgIpc) is 1.81. The zero-order chi connectivity index (χ0) is 10.5. The van der Waals surface area contributed by atoms with E-state index in [2.05, 4.69) is 5.32 Å². The molecule has 2 N–H and O–H groups in total. The maximum Gasteiger partial charge on any atom is 0.407 e. The van der Waals surface area contributed by atoms with Gasteiger partial charge in [-0.05, 0) is 20.8 Å². The first-order valence-corrected chi connectivity index (χ1v) is 3.84. The molecule has 0 saturated carbocycles. The lowest BCUT2D eigenvalue weighted by atomic mass is 10.2. The lowest BCUT2D eigenvalue weighted by molar-refractivity contribution is -0.133. The Morgan fingerprint density at radius 2 is 2.00 bits per heavy atom. The lowest BCUT2D eigenvalue weighted by Gasteiger charge is -2.19. The molecule has 0 aliphatic rings. The standard InChI is InChI=1S/C8H14NO4/c1-8(2,3)13-7(12)9-5-4-6(10)11/h4H,5H2,1-3H3,(H,9,12)(H,10,11). The summed E-state index contributed by atoms with van der Waals surface area (Å²) in [5.74, 6) is -1.07. The van der Waals surface area contributed by atoms with Crippen molar-refractivity contribution in [3.05, 3.63) is 6.42 Å². The number of hydrogen-bond acceptors (Lipinski definition) is 3. The summed E-state index contributed by atoms with van der Waals surface area (Å²) in [5, 5.41) is 10.5. The summed E-state index contributed by atoms with van der Waals surface area (Å²) in [6, 6.07) is 0. The van der Waals surface area contributed by atoms with Gasteiger partial charge in [0.2, 0.25) is 0 Å². The monoisotopic (exact) mass is 188 g/mol. The number of carboxylic acids is 1. The van der Waals surface area contributed by atoms with Crippen molar-refractivity contribution in [3.63, 3.8) is 0 Å². The lowest BCUT2D eigenvalue weighted by Crippen LogP contribution is -2.33. The molecule has 0 fully saturated rings. The van der Waals surface area contributed by atoms with E-state index in [1.54, 1.807) is 20.8 Å². The maximum atomic E-state index is 10.9. The highest BCUT2D eigenvalue weighted by Gasteiger charge is 2.15. The van der Waals surface area contributed by atoms with Gasteiger partial charge in [-0.2, -0.15) is 0 Å². The molecule has 75 valence electrons. The van der Waals surface area contributed by atoms with Gasteiger partial charge in [-0.15, -0.1) is 0 Å². The molecule has 5 heteroatoms. The Hall–Kier alpha value is -1.26. The number of aliphatic carboxylic acids is 1. The van der Waals surface area contributed by atoms with Crippen LogP contribution in [0, 0.1) is 6.42 Å². The molecule has 13 heavy (non-hydrogen) atoms. The first kappa shape index (κ1) is 11.7. The number of amides is 1. The van der Waals surface area contributed by atoms with Crippen LogP contribution in [0.15, 0.2) is 0 Å². The molecule has 0 aliphatic heterocycles. The number of carbonyl (C=O) groups is 2. The van der Waals surface area contributed by atoms with E-state index in [0.29, 0.717) is 0 Å². The molecule has 0 heterocycles. The van der Waals surface area contributed by atoms with Crippen LogP contribution in [0.4, 0.5) is 4.79 Å². The van der Waals surface area contributed by atoms with Crippen LogP contribution < -0.4 is 5.32 Å². The summed E-state index contributed by atoms with van der Waals surface area (Å²) in [6.07, 6.45) is 0.314. The highest BCUT2D eigenvalue weighted by Crippen LogP contribution is 2.05. The first-order chi connectivity index (χ1) is 5.81. The Kier molecular flexibility index (Phi) is 4.23. The fraction of sp³-hybridized carbons (Fsp3) is 0.625. The van der Waals surface area contributed by atoms with E-state index in [1.165, 1.54) is 0 Å². The van der Waals surface area contributed by atoms with Crippen LogP contribution in [-0.4, -0.2) is 29.3 Å². The number of rotatable bonds is 3. The van der Waals surface area contributed by atoms with Crippen LogP contribution in [0.3, 0.4) is 0 Å². The molecule has 0 unspecified atom stereocenters. The summed E-state index contributed by atoms with van der Waals surface area (Å²) in [6.45, 7) is 5.15. The predicted molar refractivity (Wildman–Crippen MR) is 46.2 cm³/mol. The minimum Gasteiger partial charge on any atom is -0.481 e. The van der Waals surface area contributed by atoms with Gasteiger partial charge in [0.05, 0.1) is 6.42 Å². The highest BCUT2D eigenvalue weighted by atomic mass is 16.6. The van der Waals surface area contributed by atoms with Gasteiger partial charge in [0, 0.05) is 6.54 Å². The summed E-state index contributed by atoms with van der Waals surface area (Å²) in [7, 11) is 0. The van der Waals surface area contributed by atoms with Crippen LogP contribution in [-0.2, 0) is 9.53 Å². The van der Waals surface area contributed by atoms with Crippen LogP contribution >= 0.6 is 0 Å². The third-order valence-electron chi connectivity index (χ3n) is 0.922. The van der Waals surface area contributed by atoms with E-state index in [0.717, 1.165) is 6.42 Å². The van der Waals surface area contributed by atoms with Gasteiger partial charge in [-0.3, -0.25) is 4.79 Å². The van der Waals surface area contributed by atoms with E-state index in [9.17, 15) is 9.59 Å². The van der Waals surface area contributed by atoms with E-state index in [4.69, 9.17) is 9.84 Å². The third-order valence-corrected chi connectivity index (χ3v) is 0.922. The molecule has 0 saturated heterocycles. The van der Waals surface area contributed by atoms with Gasteiger partial charge in [-0.25, -0.2) is 4.79 Å². The largest absolute Gasteiger partial charge is 0.481 e. The molecule has 0 spiro atoms. The first-order valence-electron chi connectivity index (χ1n) is 3.84. The van der Waals surface area contributed by atoms with Crippen LogP contribution in [0.5, 0.6) is 0 Å². The van der Waals surface area contributed by atoms with Gasteiger partial charge in [0.1, 0.15) is 5.60 Å². The number of alkyl carbamates (subject to hydrolysis) is 1. The zero-order valence-electron chi connectivity index (χ0n) is 7.96. The number of carboxylic acid groups (broad SMARTS) is 1. The van der Waals surface area contributed by atoms with E-state index >= 15 is 0 Å². The molecule has 0 atom stereocenters. The van der Waals surface area contributed by atoms with Crippen molar-refractivity contribution in [1.82, 2.24) is 5.32 Å². The normalized spacial score (nSPS) is 10.7. The molecule has 1 radical (unpaired) electrons. The smallest absolute Gasteiger partial charge is 0.407 e. The molecule has 0 bridgehead atoms. The SMILES string of the molecule is CC(C)(C)OC(=O)NC[CH]C(=O)O. The second kappa shape index (κ2) is 4.69. The van der Waals surface area contributed by atoms with Crippen molar-refractivity contribution < 1.29 is 19.4 Å². The van der Waals surface area contributed by atoms with E-state index in [1.807, 2.05) is 0 Å². The summed E-state index contributed by atoms with van der Waals surface area (Å²) in [4.78, 5) is 20.9. The fourth-order valence-electron chi connectivity index (χ4n) is 0.536. The van der Waals surface area contributed by atoms with Crippen LogP contribution in [0.2, 0.25) is 0 Å². The average molecular weight is 188 g/mol. The number of hydrogen-bond donors (Lipinski definition) is 2. The second-order valence-corrected chi connectivity index (χ2v) is 3.43. The van der Waals surface area contributed by atoms with Gasteiger partial charge >= 0.3 is 12.1 Å². The number of nitrogens with one attached hydrogen (secondary N) is 1. The highest BCUT2D eigenvalue weighted by molar-refractivity contribution is 5.78. The van der Waals surface area contributed by atoms with Gasteiger partial charge in [0.25, 0.3) is 0 Å². The minimum atomic E-state index is -1.07. The Morgan fingerprint density at radius 1 is 1.46 bits per heavy atom. The summed E-state index contributed by atoms with van der Waals surface area (Å²) < 4.78 is 4.86. The summed E-state index contributed by atoms with van der Waals surface area (Å²) in [5.41, 5.74) is -0.562. The van der Waals surface area contributed by atoms with Crippen molar-refractivity contribution in [2.24, 2.45) is 0 Å². The van der Waals surface area contributed by atoms with Crippen molar-refractivity contribution in [3.8, 4) is 0 Å². The molecular formula is C8H14NO4. The molecule has 1 amide bonds. The molecule has 0 aromatic rings. The van der Waals surface area contributed by atoms with Gasteiger partial charge < -0.3 is 15.2 Å². The van der Waals surface area contributed by atoms with Crippen LogP contribution in [0.1, 0.15) is 20.8 Å². The molecule has 0 aromatic carbocycles. The fourth-order valence-corrected chi connectivity index (χ4v) is 0.536. The van der Waals surface area contributed by atoms with Crippen molar-refractivity contribution >= 4 is 12.1 Å². The van der Waals surface area contributed by atoms with Crippen molar-refractivity contribution in [2.45, 2.75) is 26.4 Å². The third kappa shape index (κ3) is 8.65. The van der Waals surface area contributed by atoms with Crippen molar-refractivity contribution in [1.29, 1.82) is 0 Å². The molecular weight excluding hydrogens is 174 g/mol. The van der Waals surface area contributed by atoms with E-state index in [-0.39, 0.29) is 6.54 Å². The van der Waals surface area contributed by atoms with Crippen molar-refractivity contribution in [2.75, 3.05) is 6.54 Å². The second-order valence-electron chi connectivity index (χ2n) is 3.43. The molecule has 0 rings (SSSR count). The Morgan fingerprint density at radius 3 is 2.38 bits per heavy atom. The summed E-state index contributed by atoms with van der Waals surface area (Å²) >= 11 is 0. The number of carbonyl (C=O) groups excluding carboxylic acids is 1. The topological polar surface area (TPSA) is 75.6 Å². The quantitative estimate of drug-likeness (QED) is 0.686. The maximum absolute atomic E-state index is 10.9.